The highest BCUT2D eigenvalue weighted by atomic mass is 19.1. The van der Waals surface area contributed by atoms with Crippen LogP contribution in [0.25, 0.3) is 0 Å². The van der Waals surface area contributed by atoms with Gasteiger partial charge in [-0.2, -0.15) is 0 Å². The minimum atomic E-state index is -0.988. The van der Waals surface area contributed by atoms with E-state index in [0.29, 0.717) is 18.9 Å². The van der Waals surface area contributed by atoms with E-state index < -0.39 is 23.8 Å². The fourth-order valence-corrected chi connectivity index (χ4v) is 2.91. The summed E-state index contributed by atoms with van der Waals surface area (Å²) >= 11 is 0. The first-order valence-corrected chi connectivity index (χ1v) is 9.19. The molecule has 6 nitrogen and oxygen atoms in total. The molecule has 0 aliphatic carbocycles. The number of benzene rings is 2. The number of nitrogens with one attached hydrogen (secondary N) is 1. The number of morpholine rings is 1. The Balaban J connectivity index is 1.50. The van der Waals surface area contributed by atoms with Crippen LogP contribution in [-0.4, -0.2) is 44.3 Å². The van der Waals surface area contributed by atoms with E-state index in [1.54, 1.807) is 24.3 Å². The molecule has 1 atom stereocenters. The summed E-state index contributed by atoms with van der Waals surface area (Å²) in [4.78, 5) is 26.4. The predicted octanol–water partition coefficient (Wildman–Crippen LogP) is 2.78. The van der Waals surface area contributed by atoms with Gasteiger partial charge >= 0.3 is 5.97 Å². The smallest absolute Gasteiger partial charge is 0.311 e. The molecule has 2 aromatic carbocycles. The topological polar surface area (TPSA) is 67.9 Å². The van der Waals surface area contributed by atoms with Crippen molar-refractivity contribution in [3.63, 3.8) is 0 Å². The Morgan fingerprint density at radius 2 is 1.82 bits per heavy atom. The molecule has 1 heterocycles. The van der Waals surface area contributed by atoms with E-state index in [0.717, 1.165) is 18.8 Å². The van der Waals surface area contributed by atoms with Gasteiger partial charge in [0.25, 0.3) is 5.91 Å². The maximum atomic E-state index is 13.6. The molecular formula is C21H23FN2O4. The first-order valence-electron chi connectivity index (χ1n) is 9.19. The summed E-state index contributed by atoms with van der Waals surface area (Å²) in [5, 5.41) is 2.72. The van der Waals surface area contributed by atoms with Crippen LogP contribution < -0.4 is 10.2 Å². The molecular weight excluding hydrogens is 363 g/mol. The molecule has 148 valence electrons. The third-order valence-corrected chi connectivity index (χ3v) is 4.48. The molecule has 0 aromatic heterocycles. The van der Waals surface area contributed by atoms with Crippen molar-refractivity contribution < 1.29 is 23.5 Å². The lowest BCUT2D eigenvalue weighted by Crippen LogP contribution is -2.36. The molecule has 0 bridgehead atoms. The number of nitrogens with zero attached hydrogens (tertiary/aromatic N) is 1. The third kappa shape index (κ3) is 5.29. The molecule has 1 saturated heterocycles. The molecule has 1 fully saturated rings. The van der Waals surface area contributed by atoms with Crippen LogP contribution in [0.5, 0.6) is 0 Å². The number of carbonyl (C=O) groups excluding carboxylic acids is 2. The van der Waals surface area contributed by atoms with E-state index in [-0.39, 0.29) is 12.0 Å². The first kappa shape index (κ1) is 19.8. The standard InChI is InChI=1S/C21H23FN2O4/c1-15(28-20(25)14-16-4-2-3-5-19(16)22)21(26)23-17-6-8-18(9-7-17)24-10-12-27-13-11-24/h2-9,15H,10-14H2,1H3,(H,23,26)/t15-/m1/s1. The van der Waals surface area contributed by atoms with Gasteiger partial charge in [0.05, 0.1) is 19.6 Å². The molecule has 1 N–H and O–H groups in total. The lowest BCUT2D eigenvalue weighted by molar-refractivity contribution is -0.152. The maximum Gasteiger partial charge on any atom is 0.311 e. The summed E-state index contributed by atoms with van der Waals surface area (Å²) in [7, 11) is 0. The van der Waals surface area contributed by atoms with Crippen LogP contribution in [0.3, 0.4) is 0 Å². The van der Waals surface area contributed by atoms with Gasteiger partial charge in [-0.25, -0.2) is 4.39 Å². The second-order valence-electron chi connectivity index (χ2n) is 6.54. The Labute approximate surface area is 163 Å². The highest BCUT2D eigenvalue weighted by molar-refractivity contribution is 5.95. The highest BCUT2D eigenvalue weighted by Crippen LogP contribution is 2.19. The summed E-state index contributed by atoms with van der Waals surface area (Å²) < 4.78 is 24.1. The van der Waals surface area contributed by atoms with Crippen LogP contribution in [0.15, 0.2) is 48.5 Å². The Morgan fingerprint density at radius 1 is 1.14 bits per heavy atom. The summed E-state index contributed by atoms with van der Waals surface area (Å²) in [5.74, 6) is -1.58. The molecule has 2 aromatic rings. The minimum absolute atomic E-state index is 0.224. The molecule has 28 heavy (non-hydrogen) atoms. The van der Waals surface area contributed by atoms with E-state index in [2.05, 4.69) is 10.2 Å². The fraction of sp³-hybridized carbons (Fsp3) is 0.333. The molecule has 7 heteroatoms. The van der Waals surface area contributed by atoms with Crippen molar-refractivity contribution in [2.75, 3.05) is 36.5 Å². The third-order valence-electron chi connectivity index (χ3n) is 4.48. The molecule has 1 amide bonds. The van der Waals surface area contributed by atoms with Crippen molar-refractivity contribution in [1.82, 2.24) is 0 Å². The second kappa shape index (κ2) is 9.32. The number of esters is 1. The van der Waals surface area contributed by atoms with Crippen molar-refractivity contribution in [1.29, 1.82) is 0 Å². The number of ether oxygens (including phenoxy) is 2. The van der Waals surface area contributed by atoms with Gasteiger partial charge in [0.1, 0.15) is 5.82 Å². The van der Waals surface area contributed by atoms with E-state index in [4.69, 9.17) is 9.47 Å². The van der Waals surface area contributed by atoms with Gasteiger partial charge in [0.2, 0.25) is 0 Å². The van der Waals surface area contributed by atoms with Gasteiger partial charge in [0.15, 0.2) is 6.10 Å². The van der Waals surface area contributed by atoms with Gasteiger partial charge in [-0.1, -0.05) is 18.2 Å². The fourth-order valence-electron chi connectivity index (χ4n) is 2.91. The number of hydrogen-bond acceptors (Lipinski definition) is 5. The van der Waals surface area contributed by atoms with E-state index in [1.807, 2.05) is 12.1 Å². The van der Waals surface area contributed by atoms with E-state index in [1.165, 1.54) is 19.1 Å². The van der Waals surface area contributed by atoms with Crippen LogP contribution in [0.4, 0.5) is 15.8 Å². The second-order valence-corrected chi connectivity index (χ2v) is 6.54. The van der Waals surface area contributed by atoms with E-state index >= 15 is 0 Å². The molecule has 1 aliphatic rings. The van der Waals surface area contributed by atoms with Crippen LogP contribution in [-0.2, 0) is 25.5 Å². The average Bonchev–Trinajstić information content (AvgIpc) is 2.71. The van der Waals surface area contributed by atoms with Crippen LogP contribution in [0, 0.1) is 5.82 Å². The summed E-state index contributed by atoms with van der Waals surface area (Å²) in [5.41, 5.74) is 1.91. The number of halogens is 1. The van der Waals surface area contributed by atoms with Crippen LogP contribution in [0.2, 0.25) is 0 Å². The molecule has 0 saturated carbocycles. The lowest BCUT2D eigenvalue weighted by atomic mass is 10.1. The monoisotopic (exact) mass is 386 g/mol. The van der Waals surface area contributed by atoms with Gasteiger partial charge in [0, 0.05) is 24.5 Å². The van der Waals surface area contributed by atoms with Crippen LogP contribution in [0.1, 0.15) is 12.5 Å². The van der Waals surface area contributed by atoms with Gasteiger partial charge in [-0.3, -0.25) is 9.59 Å². The van der Waals surface area contributed by atoms with Crippen molar-refractivity contribution in [3.8, 4) is 0 Å². The summed E-state index contributed by atoms with van der Waals surface area (Å²) in [6.07, 6.45) is -1.21. The largest absolute Gasteiger partial charge is 0.452 e. The average molecular weight is 386 g/mol. The number of rotatable bonds is 6. The quantitative estimate of drug-likeness (QED) is 0.774. The van der Waals surface area contributed by atoms with Gasteiger partial charge in [-0.05, 0) is 42.8 Å². The molecule has 0 spiro atoms. The zero-order valence-electron chi connectivity index (χ0n) is 15.7. The number of amides is 1. The Bertz CT molecular complexity index is 819. The number of anilines is 2. The summed E-state index contributed by atoms with van der Waals surface area (Å²) in [6.45, 7) is 4.56. The van der Waals surface area contributed by atoms with Crippen molar-refractivity contribution >= 4 is 23.3 Å². The Kier molecular flexibility index (Phi) is 6.60. The van der Waals surface area contributed by atoms with E-state index in [9.17, 15) is 14.0 Å². The molecule has 0 radical (unpaired) electrons. The van der Waals surface area contributed by atoms with Crippen molar-refractivity contribution in [2.45, 2.75) is 19.4 Å². The Hall–Kier alpha value is -2.93. The predicted molar refractivity (Wildman–Crippen MR) is 104 cm³/mol. The zero-order valence-corrected chi connectivity index (χ0v) is 15.7. The summed E-state index contributed by atoms with van der Waals surface area (Å²) in [6, 6.07) is 13.4. The molecule has 1 aliphatic heterocycles. The highest BCUT2D eigenvalue weighted by Gasteiger charge is 2.19. The Morgan fingerprint density at radius 3 is 2.50 bits per heavy atom. The first-order chi connectivity index (χ1) is 13.5. The normalized spacial score (nSPS) is 15.0. The zero-order chi connectivity index (χ0) is 19.9. The van der Waals surface area contributed by atoms with Gasteiger partial charge in [-0.15, -0.1) is 0 Å². The number of hydrogen-bond donors (Lipinski definition) is 1. The van der Waals surface area contributed by atoms with Crippen molar-refractivity contribution in [2.24, 2.45) is 0 Å². The number of carbonyl (C=O) groups is 2. The minimum Gasteiger partial charge on any atom is -0.452 e. The van der Waals surface area contributed by atoms with Crippen LogP contribution >= 0.6 is 0 Å². The van der Waals surface area contributed by atoms with Gasteiger partial charge < -0.3 is 19.7 Å². The van der Waals surface area contributed by atoms with Crippen molar-refractivity contribution in [3.05, 3.63) is 59.9 Å². The molecule has 3 rings (SSSR count). The molecule has 0 unspecified atom stereocenters. The SMILES string of the molecule is C[C@@H](OC(=O)Cc1ccccc1F)C(=O)Nc1ccc(N2CCOCC2)cc1. The lowest BCUT2D eigenvalue weighted by Gasteiger charge is -2.28. The maximum absolute atomic E-state index is 13.6.